The number of thiazole rings is 1. The van der Waals surface area contributed by atoms with Gasteiger partial charge >= 0.3 is 11.9 Å². The molecule has 11 nitrogen and oxygen atoms in total. The van der Waals surface area contributed by atoms with Gasteiger partial charge in [-0.25, -0.2) is 31.4 Å². The first kappa shape index (κ1) is 32.6. The number of hydrogen-bond acceptors (Lipinski definition) is 10. The first-order valence-electron chi connectivity index (χ1n) is 14.9. The van der Waals surface area contributed by atoms with Crippen molar-refractivity contribution < 1.29 is 41.0 Å². The molecule has 248 valence electrons. The average molecular weight is 682 g/mol. The minimum absolute atomic E-state index is 0.0227. The number of carboxylic acids is 1. The molecule has 2 saturated heterocycles. The number of amidine groups is 1. The SMILES string of the molecule is CCOC(=O)C1=C(CN2CC(F)(F)[C@@H]3CN(S(=O)(=O)[C@H]4C[C@@](C)(C(=O)O)C4)C[C@@H]32)NC(c2nccs2)=N[C@H]1c1cccc(F)c1C. The van der Waals surface area contributed by atoms with E-state index >= 15 is 8.78 Å². The second-order valence-corrected chi connectivity index (χ2v) is 15.6. The Kier molecular flexibility index (Phi) is 8.30. The van der Waals surface area contributed by atoms with E-state index < -0.39 is 75.5 Å². The molecule has 1 aliphatic carbocycles. The molecule has 2 aromatic rings. The van der Waals surface area contributed by atoms with Gasteiger partial charge < -0.3 is 15.2 Å². The number of rotatable bonds is 9. The zero-order valence-corrected chi connectivity index (χ0v) is 27.0. The van der Waals surface area contributed by atoms with E-state index in [-0.39, 0.29) is 55.2 Å². The summed E-state index contributed by atoms with van der Waals surface area (Å²) in [6.07, 6.45) is 1.39. The summed E-state index contributed by atoms with van der Waals surface area (Å²) < 4.78 is 79.2. The summed E-state index contributed by atoms with van der Waals surface area (Å²) in [5, 5.41) is 13.8. The molecule has 0 unspecified atom stereocenters. The second-order valence-electron chi connectivity index (χ2n) is 12.5. The molecule has 0 amide bonds. The Morgan fingerprint density at radius 3 is 2.63 bits per heavy atom. The lowest BCUT2D eigenvalue weighted by Crippen LogP contribution is -2.53. The van der Waals surface area contributed by atoms with Gasteiger partial charge in [-0.3, -0.25) is 14.7 Å². The van der Waals surface area contributed by atoms with Crippen molar-refractivity contribution in [3.8, 4) is 0 Å². The van der Waals surface area contributed by atoms with E-state index in [0.29, 0.717) is 10.6 Å². The van der Waals surface area contributed by atoms with Crippen LogP contribution >= 0.6 is 11.3 Å². The average Bonchev–Trinajstić information content (AvgIpc) is 3.71. The van der Waals surface area contributed by atoms with E-state index in [4.69, 9.17) is 9.73 Å². The van der Waals surface area contributed by atoms with E-state index in [1.165, 1.54) is 35.3 Å². The highest BCUT2D eigenvalue weighted by molar-refractivity contribution is 7.89. The number of aliphatic carboxylic acids is 1. The maximum Gasteiger partial charge on any atom is 0.338 e. The van der Waals surface area contributed by atoms with Gasteiger partial charge in [0.25, 0.3) is 5.92 Å². The number of aliphatic imine (C=N–C) groups is 1. The molecule has 2 N–H and O–H groups in total. The molecule has 6 rings (SSSR count). The number of fused-ring (bicyclic) bond motifs is 1. The van der Waals surface area contributed by atoms with Crippen LogP contribution < -0.4 is 5.32 Å². The highest BCUT2D eigenvalue weighted by atomic mass is 32.2. The Balaban J connectivity index is 1.35. The summed E-state index contributed by atoms with van der Waals surface area (Å²) in [7, 11) is -4.03. The summed E-state index contributed by atoms with van der Waals surface area (Å²) in [6.45, 7) is 3.21. The maximum absolute atomic E-state index is 15.6. The third-order valence-electron chi connectivity index (χ3n) is 9.56. The molecular formula is C30H34F3N5O6S2. The van der Waals surface area contributed by atoms with Crippen molar-refractivity contribution in [1.29, 1.82) is 0 Å². The molecule has 1 aromatic heterocycles. The highest BCUT2D eigenvalue weighted by Crippen LogP contribution is 2.49. The number of aromatic nitrogens is 1. The van der Waals surface area contributed by atoms with Crippen LogP contribution in [0.1, 0.15) is 48.9 Å². The van der Waals surface area contributed by atoms with Gasteiger partial charge in [0, 0.05) is 43.0 Å². The number of nitrogens with zero attached hydrogens (tertiary/aromatic N) is 4. The zero-order chi connectivity index (χ0) is 33.2. The monoisotopic (exact) mass is 681 g/mol. The number of sulfonamides is 1. The van der Waals surface area contributed by atoms with Gasteiger partial charge in [-0.2, -0.15) is 4.31 Å². The normalized spacial score (nSPS) is 29.6. The van der Waals surface area contributed by atoms with Gasteiger partial charge in [0.2, 0.25) is 10.0 Å². The van der Waals surface area contributed by atoms with Crippen molar-refractivity contribution in [3.05, 3.63) is 63.0 Å². The minimum Gasteiger partial charge on any atom is -0.481 e. The summed E-state index contributed by atoms with van der Waals surface area (Å²) in [6, 6.07) is 2.51. The quantitative estimate of drug-likeness (QED) is 0.382. The largest absolute Gasteiger partial charge is 0.481 e. The Hall–Kier alpha value is -3.34. The molecule has 3 fully saturated rings. The zero-order valence-electron chi connectivity index (χ0n) is 25.4. The topological polar surface area (TPSA) is 142 Å². The van der Waals surface area contributed by atoms with Crippen LogP contribution in [0.3, 0.4) is 0 Å². The van der Waals surface area contributed by atoms with Crippen LogP contribution in [0.2, 0.25) is 0 Å². The Morgan fingerprint density at radius 1 is 1.24 bits per heavy atom. The molecule has 0 bridgehead atoms. The van der Waals surface area contributed by atoms with Crippen molar-refractivity contribution in [2.24, 2.45) is 16.3 Å². The van der Waals surface area contributed by atoms with Gasteiger partial charge in [-0.15, -0.1) is 11.3 Å². The molecule has 46 heavy (non-hydrogen) atoms. The molecule has 1 aromatic carbocycles. The molecule has 4 heterocycles. The number of nitrogens with one attached hydrogen (secondary N) is 1. The number of esters is 1. The fourth-order valence-corrected chi connectivity index (χ4v) is 9.83. The van der Waals surface area contributed by atoms with Crippen LogP contribution in [0, 0.1) is 24.1 Å². The number of halogens is 3. The summed E-state index contributed by atoms with van der Waals surface area (Å²) in [5.74, 6) is -6.61. The standard InChI is InChI=1S/C30H34F3N5O6S2/c1-4-44-27(39)23-21(35-25(26-34-8-9-45-26)36-24(23)18-6-5-7-20(31)16(18)2)13-37-15-30(32,33)19-12-38(14-22(19)37)46(42,43)17-10-29(3,11-17)28(40)41/h5-9,17,19,22,24H,4,10-15H2,1-3H3,(H,35,36)(H,40,41)/t17-,19-,22+,24+,29+/m1/s1. The van der Waals surface area contributed by atoms with E-state index in [1.807, 2.05) is 0 Å². The van der Waals surface area contributed by atoms with Crippen LogP contribution in [-0.2, 0) is 24.3 Å². The molecule has 0 spiro atoms. The smallest absolute Gasteiger partial charge is 0.338 e. The Bertz CT molecular complexity index is 1730. The van der Waals surface area contributed by atoms with Gasteiger partial charge in [-0.1, -0.05) is 12.1 Å². The lowest BCUT2D eigenvalue weighted by molar-refractivity contribution is -0.152. The summed E-state index contributed by atoms with van der Waals surface area (Å²) in [4.78, 5) is 35.6. The van der Waals surface area contributed by atoms with Crippen LogP contribution in [-0.4, -0.2) is 95.5 Å². The molecule has 16 heteroatoms. The van der Waals surface area contributed by atoms with Gasteiger partial charge in [0.1, 0.15) is 11.9 Å². The van der Waals surface area contributed by atoms with E-state index in [9.17, 15) is 27.5 Å². The van der Waals surface area contributed by atoms with Gasteiger partial charge in [0.05, 0.1) is 35.3 Å². The molecule has 1 saturated carbocycles. The number of carbonyl (C=O) groups excluding carboxylic acids is 1. The van der Waals surface area contributed by atoms with Crippen molar-refractivity contribution in [1.82, 2.24) is 19.5 Å². The summed E-state index contributed by atoms with van der Waals surface area (Å²) in [5.41, 5.74) is -0.252. The van der Waals surface area contributed by atoms with E-state index in [0.717, 1.165) is 4.31 Å². The molecular weight excluding hydrogens is 647 g/mol. The van der Waals surface area contributed by atoms with Crippen molar-refractivity contribution in [2.75, 3.05) is 32.8 Å². The Morgan fingerprint density at radius 2 is 1.98 bits per heavy atom. The predicted molar refractivity (Wildman–Crippen MR) is 162 cm³/mol. The lowest BCUT2D eigenvalue weighted by Gasteiger charge is -2.42. The minimum atomic E-state index is -4.03. The van der Waals surface area contributed by atoms with Crippen molar-refractivity contribution >= 4 is 39.1 Å². The predicted octanol–water partition coefficient (Wildman–Crippen LogP) is 3.33. The number of alkyl halides is 2. The van der Waals surface area contributed by atoms with Gasteiger partial charge in [-0.05, 0) is 50.8 Å². The summed E-state index contributed by atoms with van der Waals surface area (Å²) >= 11 is 1.27. The third-order valence-corrected chi connectivity index (χ3v) is 12.5. The molecule has 3 aliphatic heterocycles. The first-order chi connectivity index (χ1) is 21.7. The molecule has 3 atom stereocenters. The number of benzene rings is 1. The number of likely N-dealkylation sites (tertiary alicyclic amines) is 1. The van der Waals surface area contributed by atoms with Crippen LogP contribution in [0.15, 0.2) is 46.0 Å². The Labute approximate surface area is 268 Å². The third kappa shape index (κ3) is 5.52. The lowest BCUT2D eigenvalue weighted by atomic mass is 9.70. The van der Waals surface area contributed by atoms with Crippen molar-refractivity contribution in [3.63, 3.8) is 0 Å². The number of hydrogen-bond donors (Lipinski definition) is 2. The number of carboxylic acid groups (broad SMARTS) is 1. The van der Waals surface area contributed by atoms with E-state index in [1.54, 1.807) is 31.5 Å². The fourth-order valence-electron chi connectivity index (χ4n) is 6.93. The van der Waals surface area contributed by atoms with Crippen LogP contribution in [0.5, 0.6) is 0 Å². The first-order valence-corrected chi connectivity index (χ1v) is 17.3. The number of ether oxygens (including phenoxy) is 1. The second kappa shape index (κ2) is 11.7. The highest BCUT2D eigenvalue weighted by Gasteiger charge is 2.62. The molecule has 0 radical (unpaired) electrons. The van der Waals surface area contributed by atoms with Crippen LogP contribution in [0.25, 0.3) is 0 Å². The maximum atomic E-state index is 15.6. The van der Waals surface area contributed by atoms with Crippen molar-refractivity contribution in [2.45, 2.75) is 56.9 Å². The van der Waals surface area contributed by atoms with Crippen LogP contribution in [0.4, 0.5) is 13.2 Å². The van der Waals surface area contributed by atoms with Gasteiger partial charge in [0.15, 0.2) is 10.8 Å². The number of carbonyl (C=O) groups is 2. The molecule has 4 aliphatic rings. The van der Waals surface area contributed by atoms with E-state index in [2.05, 4.69) is 10.3 Å². The fraction of sp³-hybridized carbons (Fsp3) is 0.533.